The van der Waals surface area contributed by atoms with E-state index in [0.717, 1.165) is 10.4 Å². The third-order valence-corrected chi connectivity index (χ3v) is 4.63. The molecule has 2 bridgehead atoms. The van der Waals surface area contributed by atoms with Gasteiger partial charge in [0.2, 0.25) is 0 Å². The quantitative estimate of drug-likeness (QED) is 0.775. The highest BCUT2D eigenvalue weighted by molar-refractivity contribution is 7.80. The van der Waals surface area contributed by atoms with E-state index in [4.69, 9.17) is 10.3 Å². The van der Waals surface area contributed by atoms with Crippen molar-refractivity contribution in [3.8, 4) is 0 Å². The van der Waals surface area contributed by atoms with E-state index in [0.29, 0.717) is 11.6 Å². The fraction of sp³-hybridized carbons (Fsp3) is 0.444. The Morgan fingerprint density at radius 2 is 2.32 bits per heavy atom. The van der Waals surface area contributed by atoms with E-state index < -0.39 is 22.5 Å². The molecule has 1 saturated heterocycles. The van der Waals surface area contributed by atoms with Crippen LogP contribution in [-0.4, -0.2) is 42.1 Å². The van der Waals surface area contributed by atoms with Gasteiger partial charge < -0.3 is 10.6 Å². The molecule has 1 aromatic heterocycles. The molecule has 2 amide bonds. The number of nitrogens with two attached hydrogens (primary N) is 1. The lowest BCUT2D eigenvalue weighted by molar-refractivity contribution is -0.0316. The van der Waals surface area contributed by atoms with Crippen molar-refractivity contribution < 1.29 is 22.0 Å². The van der Waals surface area contributed by atoms with Gasteiger partial charge in [-0.25, -0.2) is 4.79 Å². The molecule has 2 aliphatic heterocycles. The number of urea groups is 1. The van der Waals surface area contributed by atoms with Crippen LogP contribution in [0.3, 0.4) is 0 Å². The Morgan fingerprint density at radius 1 is 1.58 bits per heavy atom. The molecule has 0 radical (unpaired) electrons. The van der Waals surface area contributed by atoms with Crippen molar-refractivity contribution in [1.29, 1.82) is 0 Å². The van der Waals surface area contributed by atoms with Crippen LogP contribution < -0.4 is 5.73 Å². The second-order valence-electron chi connectivity index (χ2n) is 4.27. The van der Waals surface area contributed by atoms with E-state index in [2.05, 4.69) is 4.28 Å². The molecular weight excluding hydrogens is 294 g/mol. The lowest BCUT2D eigenvalue weighted by Crippen LogP contribution is -2.37. The van der Waals surface area contributed by atoms with Gasteiger partial charge in [-0.2, -0.15) is 13.5 Å². The fourth-order valence-electron chi connectivity index (χ4n) is 2.52. The SMILES string of the molecule is NCC1c2sccc2[C@H]2CN1C(=O)N2OS(=O)(=O)O. The van der Waals surface area contributed by atoms with Crippen molar-refractivity contribution in [2.45, 2.75) is 12.1 Å². The summed E-state index contributed by atoms with van der Waals surface area (Å²) >= 11 is 1.46. The van der Waals surface area contributed by atoms with Gasteiger partial charge in [-0.1, -0.05) is 0 Å². The van der Waals surface area contributed by atoms with Crippen molar-refractivity contribution >= 4 is 27.8 Å². The van der Waals surface area contributed by atoms with Crippen LogP contribution in [0.2, 0.25) is 0 Å². The summed E-state index contributed by atoms with van der Waals surface area (Å²) in [5.74, 6) is 0. The van der Waals surface area contributed by atoms with Crippen molar-refractivity contribution in [2.24, 2.45) is 5.73 Å². The summed E-state index contributed by atoms with van der Waals surface area (Å²) in [5.41, 5.74) is 6.49. The molecule has 1 fully saturated rings. The van der Waals surface area contributed by atoms with E-state index in [1.165, 1.54) is 16.2 Å². The predicted octanol–water partition coefficient (Wildman–Crippen LogP) is 0.275. The molecule has 0 aliphatic carbocycles. The first-order valence-electron chi connectivity index (χ1n) is 5.46. The first kappa shape index (κ1) is 12.8. The van der Waals surface area contributed by atoms with E-state index >= 15 is 0 Å². The highest BCUT2D eigenvalue weighted by Gasteiger charge is 2.50. The molecule has 104 valence electrons. The zero-order valence-corrected chi connectivity index (χ0v) is 11.2. The normalized spacial score (nSPS) is 25.9. The van der Waals surface area contributed by atoms with Gasteiger partial charge in [0, 0.05) is 11.4 Å². The van der Waals surface area contributed by atoms with Crippen LogP contribution in [0.25, 0.3) is 0 Å². The molecule has 0 aromatic carbocycles. The summed E-state index contributed by atoms with van der Waals surface area (Å²) in [6.45, 7) is 0.533. The second-order valence-corrected chi connectivity index (χ2v) is 6.22. The molecule has 3 N–H and O–H groups in total. The van der Waals surface area contributed by atoms with Gasteiger partial charge in [0.1, 0.15) is 6.04 Å². The van der Waals surface area contributed by atoms with Crippen LogP contribution >= 0.6 is 11.3 Å². The molecule has 0 spiro atoms. The monoisotopic (exact) mass is 305 g/mol. The molecule has 2 atom stereocenters. The summed E-state index contributed by atoms with van der Waals surface area (Å²) in [6.07, 6.45) is 0. The Kier molecular flexibility index (Phi) is 2.80. The van der Waals surface area contributed by atoms with Crippen LogP contribution in [-0.2, 0) is 14.7 Å². The van der Waals surface area contributed by atoms with Gasteiger partial charge in [-0.15, -0.1) is 15.6 Å². The number of carbonyl (C=O) groups excluding carboxylic acids is 1. The van der Waals surface area contributed by atoms with E-state index in [9.17, 15) is 13.2 Å². The standard InChI is InChI=1S/C9H11N3O5S2/c10-3-6-8-5(1-2-18-8)7-4-11(6)9(13)12(7)17-19(14,15)16/h1-2,6-7H,3-4,10H2,(H,14,15,16)/t6?,7-/m1/s1. The molecule has 2 aliphatic rings. The number of hydrogen-bond acceptors (Lipinski definition) is 6. The van der Waals surface area contributed by atoms with Crippen molar-refractivity contribution in [2.75, 3.05) is 13.1 Å². The third-order valence-electron chi connectivity index (χ3n) is 3.25. The van der Waals surface area contributed by atoms with Crippen molar-refractivity contribution in [3.05, 3.63) is 21.9 Å². The summed E-state index contributed by atoms with van der Waals surface area (Å²) in [4.78, 5) is 14.5. The molecular formula is C9H11N3O5S2. The second kappa shape index (κ2) is 4.15. The van der Waals surface area contributed by atoms with Crippen LogP contribution in [0.15, 0.2) is 11.4 Å². The number of nitrogens with zero attached hydrogens (tertiary/aromatic N) is 2. The smallest absolute Gasteiger partial charge is 0.328 e. The lowest BCUT2D eigenvalue weighted by atomic mass is 10.00. The van der Waals surface area contributed by atoms with Crippen LogP contribution in [0.4, 0.5) is 4.79 Å². The summed E-state index contributed by atoms with van der Waals surface area (Å²) in [6, 6.07) is 0.373. The molecule has 0 saturated carbocycles. The number of carbonyl (C=O) groups is 1. The number of rotatable bonds is 3. The van der Waals surface area contributed by atoms with Crippen molar-refractivity contribution in [1.82, 2.24) is 9.96 Å². The van der Waals surface area contributed by atoms with Gasteiger partial charge in [-0.05, 0) is 17.0 Å². The number of hydroxylamine groups is 2. The highest BCUT2D eigenvalue weighted by atomic mass is 32.3. The first-order chi connectivity index (χ1) is 8.92. The van der Waals surface area contributed by atoms with Gasteiger partial charge in [0.25, 0.3) is 0 Å². The lowest BCUT2D eigenvalue weighted by Gasteiger charge is -2.29. The van der Waals surface area contributed by atoms with E-state index in [-0.39, 0.29) is 12.6 Å². The summed E-state index contributed by atoms with van der Waals surface area (Å²) in [7, 11) is -4.74. The highest BCUT2D eigenvalue weighted by Crippen LogP contribution is 2.45. The first-order valence-corrected chi connectivity index (χ1v) is 7.71. The number of fused-ring (bicyclic) bond motifs is 4. The minimum Gasteiger partial charge on any atom is -0.328 e. The van der Waals surface area contributed by atoms with Crippen molar-refractivity contribution in [3.63, 3.8) is 0 Å². The Bertz CT molecular complexity index is 628. The molecule has 1 unspecified atom stereocenters. The minimum absolute atomic E-state index is 0.242. The predicted molar refractivity (Wildman–Crippen MR) is 65.4 cm³/mol. The summed E-state index contributed by atoms with van der Waals surface area (Å²) < 4.78 is 34.8. The Hall–Kier alpha value is -1.20. The molecule has 19 heavy (non-hydrogen) atoms. The largest absolute Gasteiger partial charge is 0.418 e. The van der Waals surface area contributed by atoms with Crippen LogP contribution in [0, 0.1) is 0 Å². The topological polar surface area (TPSA) is 113 Å². The van der Waals surface area contributed by atoms with Gasteiger partial charge in [0.05, 0.1) is 12.6 Å². The summed E-state index contributed by atoms with van der Waals surface area (Å²) in [5, 5.41) is 2.54. The van der Waals surface area contributed by atoms with E-state index in [1.54, 1.807) is 0 Å². The van der Waals surface area contributed by atoms with Gasteiger partial charge in [-0.3, -0.25) is 4.55 Å². The minimum atomic E-state index is -4.74. The van der Waals surface area contributed by atoms with Gasteiger partial charge >= 0.3 is 16.4 Å². The molecule has 1 aromatic rings. The Morgan fingerprint density at radius 3 is 2.95 bits per heavy atom. The maximum Gasteiger partial charge on any atom is 0.418 e. The van der Waals surface area contributed by atoms with Crippen LogP contribution in [0.5, 0.6) is 0 Å². The van der Waals surface area contributed by atoms with E-state index in [1.807, 2.05) is 11.4 Å². The number of amides is 2. The molecule has 10 heteroatoms. The Labute approximate surface area is 113 Å². The molecule has 3 heterocycles. The fourth-order valence-corrected chi connectivity index (χ4v) is 3.97. The average Bonchev–Trinajstić information content (AvgIpc) is 2.89. The number of hydrogen-bond donors (Lipinski definition) is 2. The zero-order valence-electron chi connectivity index (χ0n) is 9.59. The number of thiophene rings is 1. The maximum atomic E-state index is 12.1. The van der Waals surface area contributed by atoms with Crippen LogP contribution in [0.1, 0.15) is 22.5 Å². The maximum absolute atomic E-state index is 12.1. The average molecular weight is 305 g/mol. The molecule has 3 rings (SSSR count). The zero-order chi connectivity index (χ0) is 13.8. The Balaban J connectivity index is 2.04. The molecule has 8 nitrogen and oxygen atoms in total. The third kappa shape index (κ3) is 1.92. The van der Waals surface area contributed by atoms with Gasteiger partial charge in [0.15, 0.2) is 0 Å².